The van der Waals surface area contributed by atoms with E-state index in [1.165, 1.54) is 18.5 Å². The standard InChI is InChI=1S/C27H28N6O2/c28-14-16-29-25(34)21-4-2-20(3-5-21)24-10-15-30-26(32-24)31-22-6-8-23(9-7-22)33-17-12-27(13-18-33)11-1-19-35-27/h2-10,15H,1,11-13,16-19H2,(H,29,34)(H,30,31,32). The zero-order valence-electron chi connectivity index (χ0n) is 19.5. The minimum atomic E-state index is -0.275. The van der Waals surface area contributed by atoms with Crippen molar-refractivity contribution in [3.63, 3.8) is 0 Å². The molecule has 0 bridgehead atoms. The number of anilines is 3. The van der Waals surface area contributed by atoms with E-state index in [2.05, 4.69) is 49.8 Å². The predicted octanol–water partition coefficient (Wildman–Crippen LogP) is 4.29. The van der Waals surface area contributed by atoms with Gasteiger partial charge >= 0.3 is 0 Å². The first-order valence-electron chi connectivity index (χ1n) is 12.0. The second-order valence-electron chi connectivity index (χ2n) is 8.98. The van der Waals surface area contributed by atoms with Gasteiger partial charge in [-0.3, -0.25) is 4.79 Å². The van der Waals surface area contributed by atoms with Crippen molar-refractivity contribution in [2.24, 2.45) is 0 Å². The van der Waals surface area contributed by atoms with Gasteiger partial charge in [0.15, 0.2) is 0 Å². The molecule has 0 unspecified atom stereocenters. The van der Waals surface area contributed by atoms with Crippen molar-refractivity contribution in [3.8, 4) is 17.3 Å². The van der Waals surface area contributed by atoms with E-state index in [1.807, 2.05) is 24.3 Å². The number of piperidine rings is 1. The summed E-state index contributed by atoms with van der Waals surface area (Å²) in [5.74, 6) is 0.229. The highest BCUT2D eigenvalue weighted by molar-refractivity contribution is 5.94. The molecule has 8 heteroatoms. The highest BCUT2D eigenvalue weighted by Crippen LogP contribution is 2.37. The number of rotatable bonds is 6. The third kappa shape index (κ3) is 5.26. The summed E-state index contributed by atoms with van der Waals surface area (Å²) in [4.78, 5) is 23.4. The number of carbonyl (C=O) groups is 1. The van der Waals surface area contributed by atoms with E-state index in [0.717, 1.165) is 49.5 Å². The molecule has 0 saturated carbocycles. The summed E-state index contributed by atoms with van der Waals surface area (Å²) in [6, 6.07) is 19.2. The number of carbonyl (C=O) groups excluding carboxylic acids is 1. The van der Waals surface area contributed by atoms with E-state index in [1.54, 1.807) is 18.3 Å². The molecule has 0 atom stereocenters. The zero-order chi connectivity index (χ0) is 24.1. The molecule has 2 saturated heterocycles. The van der Waals surface area contributed by atoms with Gasteiger partial charge in [0.1, 0.15) is 6.54 Å². The summed E-state index contributed by atoms with van der Waals surface area (Å²) in [5, 5.41) is 14.4. The largest absolute Gasteiger partial charge is 0.375 e. The molecule has 1 spiro atoms. The van der Waals surface area contributed by atoms with E-state index in [4.69, 9.17) is 10.00 Å². The van der Waals surface area contributed by atoms with Crippen molar-refractivity contribution >= 4 is 23.2 Å². The molecule has 1 aromatic heterocycles. The Morgan fingerprint density at radius 3 is 2.51 bits per heavy atom. The van der Waals surface area contributed by atoms with Gasteiger partial charge in [0.25, 0.3) is 5.91 Å². The number of nitriles is 1. The predicted molar refractivity (Wildman–Crippen MR) is 135 cm³/mol. The number of aromatic nitrogens is 2. The molecule has 2 fully saturated rings. The van der Waals surface area contributed by atoms with Gasteiger partial charge in [0.2, 0.25) is 5.95 Å². The number of benzene rings is 2. The average molecular weight is 469 g/mol. The highest BCUT2D eigenvalue weighted by Gasteiger charge is 2.38. The van der Waals surface area contributed by atoms with E-state index in [9.17, 15) is 4.79 Å². The first-order chi connectivity index (χ1) is 17.1. The van der Waals surface area contributed by atoms with E-state index >= 15 is 0 Å². The maximum absolute atomic E-state index is 12.0. The molecule has 35 heavy (non-hydrogen) atoms. The third-order valence-corrected chi connectivity index (χ3v) is 6.77. The summed E-state index contributed by atoms with van der Waals surface area (Å²) < 4.78 is 6.04. The summed E-state index contributed by atoms with van der Waals surface area (Å²) in [5.41, 5.74) is 4.39. The summed E-state index contributed by atoms with van der Waals surface area (Å²) in [6.07, 6.45) is 6.29. The molecular weight excluding hydrogens is 440 g/mol. The van der Waals surface area contributed by atoms with Crippen LogP contribution in [0.4, 0.5) is 17.3 Å². The number of nitrogens with zero attached hydrogens (tertiary/aromatic N) is 4. The molecule has 0 radical (unpaired) electrons. The molecule has 178 valence electrons. The van der Waals surface area contributed by atoms with Crippen LogP contribution in [0.25, 0.3) is 11.3 Å². The van der Waals surface area contributed by atoms with Gasteiger partial charge in [0.05, 0.1) is 17.4 Å². The van der Waals surface area contributed by atoms with Crippen LogP contribution in [0.1, 0.15) is 36.0 Å². The molecule has 1 amide bonds. The minimum Gasteiger partial charge on any atom is -0.375 e. The second-order valence-corrected chi connectivity index (χ2v) is 8.98. The van der Waals surface area contributed by atoms with Crippen LogP contribution in [0.5, 0.6) is 0 Å². The van der Waals surface area contributed by atoms with Crippen LogP contribution in [-0.4, -0.2) is 47.7 Å². The van der Waals surface area contributed by atoms with Gasteiger partial charge in [-0.1, -0.05) is 12.1 Å². The van der Waals surface area contributed by atoms with Crippen LogP contribution in [0.15, 0.2) is 60.8 Å². The van der Waals surface area contributed by atoms with Crippen molar-refractivity contribution in [2.75, 3.05) is 36.5 Å². The fourth-order valence-electron chi connectivity index (χ4n) is 4.80. The lowest BCUT2D eigenvalue weighted by molar-refractivity contribution is -0.0146. The summed E-state index contributed by atoms with van der Waals surface area (Å²) in [7, 11) is 0. The molecule has 8 nitrogen and oxygen atoms in total. The average Bonchev–Trinajstić information content (AvgIpc) is 3.36. The fraction of sp³-hybridized carbons (Fsp3) is 0.333. The Morgan fingerprint density at radius 2 is 1.83 bits per heavy atom. The molecule has 2 aromatic carbocycles. The molecule has 2 aliphatic heterocycles. The van der Waals surface area contributed by atoms with Crippen molar-refractivity contribution in [3.05, 3.63) is 66.4 Å². The van der Waals surface area contributed by atoms with Gasteiger partial charge in [-0.2, -0.15) is 5.26 Å². The topological polar surface area (TPSA) is 103 Å². The van der Waals surface area contributed by atoms with E-state index < -0.39 is 0 Å². The lowest BCUT2D eigenvalue weighted by Gasteiger charge is -2.39. The number of hydrogen-bond donors (Lipinski definition) is 2. The first-order valence-corrected chi connectivity index (χ1v) is 12.0. The van der Waals surface area contributed by atoms with Crippen LogP contribution in [0.2, 0.25) is 0 Å². The molecule has 3 heterocycles. The van der Waals surface area contributed by atoms with Crippen molar-refractivity contribution in [1.29, 1.82) is 5.26 Å². The molecular formula is C27H28N6O2. The smallest absolute Gasteiger partial charge is 0.252 e. The van der Waals surface area contributed by atoms with Crippen LogP contribution < -0.4 is 15.5 Å². The first kappa shape index (κ1) is 22.8. The van der Waals surface area contributed by atoms with Crippen LogP contribution >= 0.6 is 0 Å². The summed E-state index contributed by atoms with van der Waals surface area (Å²) in [6.45, 7) is 2.94. The molecule has 5 rings (SSSR count). The van der Waals surface area contributed by atoms with Crippen molar-refractivity contribution in [2.45, 2.75) is 31.3 Å². The lowest BCUT2D eigenvalue weighted by Crippen LogP contribution is -2.44. The zero-order valence-corrected chi connectivity index (χ0v) is 19.5. The minimum absolute atomic E-state index is 0.0177. The van der Waals surface area contributed by atoms with Gasteiger partial charge in [-0.05, 0) is 68.1 Å². The summed E-state index contributed by atoms with van der Waals surface area (Å²) >= 11 is 0. The Kier molecular flexibility index (Phi) is 6.59. The number of amides is 1. The van der Waals surface area contributed by atoms with E-state index in [0.29, 0.717) is 11.5 Å². The Hall–Kier alpha value is -3.96. The highest BCUT2D eigenvalue weighted by atomic mass is 16.5. The SMILES string of the molecule is N#CCNC(=O)c1ccc(-c2ccnc(Nc3ccc(N4CCC5(CCCO5)CC4)cc3)n2)cc1. The quantitative estimate of drug-likeness (QED) is 0.520. The Morgan fingerprint density at radius 1 is 1.06 bits per heavy atom. The molecule has 2 N–H and O–H groups in total. The van der Waals surface area contributed by atoms with Crippen molar-refractivity contribution in [1.82, 2.24) is 15.3 Å². The second kappa shape index (κ2) is 10.1. The maximum Gasteiger partial charge on any atom is 0.252 e. The maximum atomic E-state index is 12.0. The third-order valence-electron chi connectivity index (χ3n) is 6.77. The Balaban J connectivity index is 1.21. The number of nitrogens with one attached hydrogen (secondary N) is 2. The van der Waals surface area contributed by atoms with Crippen LogP contribution in [-0.2, 0) is 4.74 Å². The molecule has 0 aliphatic carbocycles. The van der Waals surface area contributed by atoms with Crippen LogP contribution in [0.3, 0.4) is 0 Å². The fourth-order valence-corrected chi connectivity index (χ4v) is 4.80. The lowest BCUT2D eigenvalue weighted by atomic mass is 9.88. The number of hydrogen-bond acceptors (Lipinski definition) is 7. The monoisotopic (exact) mass is 468 g/mol. The number of ether oxygens (including phenoxy) is 1. The molecule has 2 aliphatic rings. The van der Waals surface area contributed by atoms with Gasteiger partial charge in [-0.25, -0.2) is 9.97 Å². The normalized spacial score (nSPS) is 16.6. The Labute approximate surface area is 205 Å². The van der Waals surface area contributed by atoms with Crippen molar-refractivity contribution < 1.29 is 9.53 Å². The van der Waals surface area contributed by atoms with Crippen LogP contribution in [0, 0.1) is 11.3 Å². The molecule has 3 aromatic rings. The Bertz CT molecular complexity index is 1200. The van der Waals surface area contributed by atoms with E-state index in [-0.39, 0.29) is 18.1 Å². The van der Waals surface area contributed by atoms with Gasteiger partial charge in [-0.15, -0.1) is 0 Å². The van der Waals surface area contributed by atoms with Gasteiger partial charge in [0, 0.05) is 48.4 Å². The van der Waals surface area contributed by atoms with Gasteiger partial charge < -0.3 is 20.3 Å².